The van der Waals surface area contributed by atoms with E-state index in [1.165, 1.54) is 20.2 Å². The Hall–Kier alpha value is -1.31. The first-order chi connectivity index (χ1) is 11.6. The van der Waals surface area contributed by atoms with Crippen LogP contribution in [0, 0.1) is 11.8 Å². The summed E-state index contributed by atoms with van der Waals surface area (Å²) in [5.74, 6) is 6.63. The third-order valence-corrected chi connectivity index (χ3v) is 5.71. The molecule has 2 aromatic rings. The maximum atomic E-state index is 6.20. The zero-order chi connectivity index (χ0) is 17.1. The van der Waals surface area contributed by atoms with Crippen molar-refractivity contribution in [1.82, 2.24) is 4.90 Å². The fourth-order valence-corrected chi connectivity index (χ4v) is 4.05. The van der Waals surface area contributed by atoms with Crippen LogP contribution in [-0.4, -0.2) is 31.8 Å². The van der Waals surface area contributed by atoms with E-state index in [2.05, 4.69) is 53.3 Å². The quantitative estimate of drug-likeness (QED) is 0.497. The summed E-state index contributed by atoms with van der Waals surface area (Å²) in [6, 6.07) is 12.6. The first-order valence-corrected chi connectivity index (χ1v) is 10.00. The summed E-state index contributed by atoms with van der Waals surface area (Å²) in [7, 11) is 4.06. The van der Waals surface area contributed by atoms with E-state index in [4.69, 9.17) is 11.6 Å². The summed E-state index contributed by atoms with van der Waals surface area (Å²) < 4.78 is 0. The van der Waals surface area contributed by atoms with Gasteiger partial charge in [-0.25, -0.2) is 0 Å². The van der Waals surface area contributed by atoms with E-state index in [1.807, 2.05) is 26.2 Å². The summed E-state index contributed by atoms with van der Waals surface area (Å²) in [5.41, 5.74) is 3.38. The van der Waals surface area contributed by atoms with Gasteiger partial charge in [-0.2, -0.15) is 0 Å². The zero-order valence-electron chi connectivity index (χ0n) is 13.9. The van der Waals surface area contributed by atoms with Crippen LogP contribution >= 0.6 is 35.1 Å². The second kappa shape index (κ2) is 7.72. The molecule has 24 heavy (non-hydrogen) atoms. The van der Waals surface area contributed by atoms with Crippen molar-refractivity contribution < 1.29 is 0 Å². The van der Waals surface area contributed by atoms with E-state index in [9.17, 15) is 0 Å². The van der Waals surface area contributed by atoms with Crippen molar-refractivity contribution >= 4 is 46.8 Å². The van der Waals surface area contributed by atoms with Gasteiger partial charge in [0.2, 0.25) is 0 Å². The molecule has 4 heteroatoms. The predicted molar refractivity (Wildman–Crippen MR) is 108 cm³/mol. The average Bonchev–Trinajstić information content (AvgIpc) is 2.70. The first-order valence-electron chi connectivity index (χ1n) is 7.58. The van der Waals surface area contributed by atoms with Gasteiger partial charge in [0, 0.05) is 30.8 Å². The standard InChI is InChI=1S/C20H18ClNS2/c1-22(2)10-4-5-14-11-15-12-16(21)6-8-19(15)24-20-9-7-17(23-3)13-18(14)20/h6-9,11-13H,10H2,1-3H3. The van der Waals surface area contributed by atoms with Crippen molar-refractivity contribution in [3.63, 3.8) is 0 Å². The number of nitrogens with zero attached hydrogens (tertiary/aromatic N) is 1. The van der Waals surface area contributed by atoms with Gasteiger partial charge in [0.15, 0.2) is 0 Å². The third kappa shape index (κ3) is 4.02. The molecule has 0 spiro atoms. The van der Waals surface area contributed by atoms with Crippen LogP contribution in [0.2, 0.25) is 5.02 Å². The molecule has 1 nitrogen and oxygen atoms in total. The summed E-state index contributed by atoms with van der Waals surface area (Å²) in [5, 5.41) is 0.752. The number of hydrogen-bond donors (Lipinski definition) is 0. The largest absolute Gasteiger partial charge is 0.299 e. The van der Waals surface area contributed by atoms with Gasteiger partial charge in [-0.1, -0.05) is 35.2 Å². The van der Waals surface area contributed by atoms with E-state index < -0.39 is 0 Å². The fraction of sp³-hybridized carbons (Fsp3) is 0.200. The zero-order valence-corrected chi connectivity index (χ0v) is 16.3. The molecule has 0 bridgehead atoms. The molecule has 1 heterocycles. The Morgan fingerprint density at radius 2 is 1.92 bits per heavy atom. The Morgan fingerprint density at radius 3 is 2.67 bits per heavy atom. The highest BCUT2D eigenvalue weighted by molar-refractivity contribution is 7.99. The molecule has 0 aromatic heterocycles. The lowest BCUT2D eigenvalue weighted by molar-refractivity contribution is 0.464. The molecule has 0 saturated carbocycles. The smallest absolute Gasteiger partial charge is 0.0600 e. The molecule has 0 N–H and O–H groups in total. The van der Waals surface area contributed by atoms with Gasteiger partial charge < -0.3 is 0 Å². The lowest BCUT2D eigenvalue weighted by Crippen LogP contribution is -2.10. The fourth-order valence-electron chi connectivity index (χ4n) is 2.41. The summed E-state index contributed by atoms with van der Waals surface area (Å²) in [4.78, 5) is 5.77. The third-order valence-electron chi connectivity index (χ3n) is 3.59. The van der Waals surface area contributed by atoms with Crippen LogP contribution in [0.25, 0.3) is 11.6 Å². The first kappa shape index (κ1) is 17.5. The summed E-state index contributed by atoms with van der Waals surface area (Å²) in [6.07, 6.45) is 4.26. The van der Waals surface area contributed by atoms with Gasteiger partial charge in [-0.15, -0.1) is 11.8 Å². The van der Waals surface area contributed by atoms with E-state index in [0.29, 0.717) is 0 Å². The molecule has 122 valence electrons. The number of hydrogen-bond acceptors (Lipinski definition) is 3. The topological polar surface area (TPSA) is 3.24 Å². The molecule has 0 atom stereocenters. The van der Waals surface area contributed by atoms with E-state index in [1.54, 1.807) is 23.5 Å². The molecule has 0 saturated heterocycles. The second-order valence-corrected chi connectivity index (χ2v) is 8.14. The Kier molecular flexibility index (Phi) is 5.63. The van der Waals surface area contributed by atoms with Crippen LogP contribution < -0.4 is 0 Å². The molecule has 3 rings (SSSR count). The van der Waals surface area contributed by atoms with E-state index >= 15 is 0 Å². The molecule has 1 aliphatic heterocycles. The maximum absolute atomic E-state index is 6.20. The van der Waals surface area contributed by atoms with Gasteiger partial charge in [0.25, 0.3) is 0 Å². The molecule has 1 aliphatic rings. The maximum Gasteiger partial charge on any atom is 0.0600 e. The van der Waals surface area contributed by atoms with Crippen molar-refractivity contribution in [1.29, 1.82) is 0 Å². The lowest BCUT2D eigenvalue weighted by atomic mass is 10.0. The van der Waals surface area contributed by atoms with Crippen molar-refractivity contribution in [2.24, 2.45) is 0 Å². The second-order valence-electron chi connectivity index (χ2n) is 5.74. The van der Waals surface area contributed by atoms with Crippen LogP contribution in [0.4, 0.5) is 0 Å². The number of halogens is 1. The number of benzene rings is 2. The van der Waals surface area contributed by atoms with Gasteiger partial charge in [0.1, 0.15) is 0 Å². The number of rotatable bonds is 2. The van der Waals surface area contributed by atoms with Crippen molar-refractivity contribution in [2.45, 2.75) is 14.7 Å². The Morgan fingerprint density at radius 1 is 1.12 bits per heavy atom. The molecular formula is C20H18ClNS2. The van der Waals surface area contributed by atoms with Crippen LogP contribution in [0.5, 0.6) is 0 Å². The molecule has 2 aromatic carbocycles. The number of fused-ring (bicyclic) bond motifs is 2. The highest BCUT2D eigenvalue weighted by atomic mass is 35.5. The number of thioether (sulfide) groups is 1. The Bertz CT molecular complexity index is 860. The predicted octanol–water partition coefficient (Wildman–Crippen LogP) is 5.63. The molecule has 0 aliphatic carbocycles. The lowest BCUT2D eigenvalue weighted by Gasteiger charge is -2.08. The molecule has 0 unspecified atom stereocenters. The van der Waals surface area contributed by atoms with Crippen LogP contribution in [0.15, 0.2) is 51.1 Å². The molecule has 0 amide bonds. The molecular weight excluding hydrogens is 354 g/mol. The van der Waals surface area contributed by atoms with Crippen molar-refractivity contribution in [3.8, 4) is 11.8 Å². The monoisotopic (exact) mass is 371 g/mol. The minimum absolute atomic E-state index is 0.741. The van der Waals surface area contributed by atoms with Crippen molar-refractivity contribution in [2.75, 3.05) is 26.9 Å². The molecule has 0 radical (unpaired) electrons. The minimum Gasteiger partial charge on any atom is -0.299 e. The van der Waals surface area contributed by atoms with E-state index in [-0.39, 0.29) is 0 Å². The number of allylic oxidation sites excluding steroid dienone is 1. The van der Waals surface area contributed by atoms with Gasteiger partial charge in [-0.05, 0) is 68.4 Å². The van der Waals surface area contributed by atoms with Crippen molar-refractivity contribution in [3.05, 3.63) is 52.5 Å². The average molecular weight is 372 g/mol. The van der Waals surface area contributed by atoms with Crippen LogP contribution in [-0.2, 0) is 0 Å². The Balaban J connectivity index is 2.15. The minimum atomic E-state index is 0.741. The van der Waals surface area contributed by atoms with E-state index in [0.717, 1.165) is 22.7 Å². The van der Waals surface area contributed by atoms with Gasteiger partial charge in [0.05, 0.1) is 6.54 Å². The summed E-state index contributed by atoms with van der Waals surface area (Å²) >= 11 is 9.73. The van der Waals surface area contributed by atoms with Crippen LogP contribution in [0.3, 0.4) is 0 Å². The SMILES string of the molecule is CSc1ccc2c(c1)C(C#CCN(C)C)=Cc1cc(Cl)ccc1S2. The normalized spacial score (nSPS) is 12.6. The molecule has 0 fully saturated rings. The highest BCUT2D eigenvalue weighted by Crippen LogP contribution is 2.42. The Labute approximate surface area is 157 Å². The van der Waals surface area contributed by atoms with Gasteiger partial charge in [-0.3, -0.25) is 4.90 Å². The van der Waals surface area contributed by atoms with Gasteiger partial charge >= 0.3 is 0 Å². The van der Waals surface area contributed by atoms with Crippen LogP contribution in [0.1, 0.15) is 11.1 Å². The summed E-state index contributed by atoms with van der Waals surface area (Å²) in [6.45, 7) is 0.741. The highest BCUT2D eigenvalue weighted by Gasteiger charge is 2.16.